The van der Waals surface area contributed by atoms with Gasteiger partial charge in [-0.1, -0.05) is 17.7 Å². The number of pyridine rings is 1. The van der Waals surface area contributed by atoms with E-state index in [0.717, 1.165) is 9.96 Å². The number of aromatic nitrogens is 5. The van der Waals surface area contributed by atoms with Crippen molar-refractivity contribution < 1.29 is 26.3 Å². The van der Waals surface area contributed by atoms with Crippen molar-refractivity contribution in [2.75, 3.05) is 0 Å². The van der Waals surface area contributed by atoms with Crippen LogP contribution in [0.2, 0.25) is 5.15 Å². The standard InChI is InChI=1S/C19H12ClF6N5/c20-14-6-12(17-27-3-4-31(17)29-14)11-5-10(11)9-1-2-15-28-16(19(24,25)26)13(30(15)8-9)7-18(21,22)23/h1-4,6,8,10-11H,5,7H2/t10-,11?/m1/s1. The smallest absolute Gasteiger partial charge is 0.303 e. The lowest BCUT2D eigenvalue weighted by Crippen LogP contribution is -2.18. The van der Waals surface area contributed by atoms with E-state index in [1.54, 1.807) is 24.5 Å². The number of nitrogens with zero attached hydrogens (tertiary/aromatic N) is 5. The second kappa shape index (κ2) is 6.59. The summed E-state index contributed by atoms with van der Waals surface area (Å²) in [6.45, 7) is 0. The summed E-state index contributed by atoms with van der Waals surface area (Å²) in [5.41, 5.74) is -0.573. The topological polar surface area (TPSA) is 47.5 Å². The van der Waals surface area contributed by atoms with E-state index in [9.17, 15) is 26.3 Å². The Hall–Kier alpha value is -2.82. The first kappa shape index (κ1) is 20.1. The molecular formula is C19H12ClF6N5. The zero-order valence-electron chi connectivity index (χ0n) is 15.4. The van der Waals surface area contributed by atoms with Crippen molar-refractivity contribution in [3.63, 3.8) is 0 Å². The molecule has 5 nitrogen and oxygen atoms in total. The van der Waals surface area contributed by atoms with Crippen LogP contribution in [0.4, 0.5) is 26.3 Å². The highest BCUT2D eigenvalue weighted by Crippen LogP contribution is 2.55. The van der Waals surface area contributed by atoms with Crippen molar-refractivity contribution in [2.24, 2.45) is 0 Å². The van der Waals surface area contributed by atoms with E-state index >= 15 is 0 Å². The maximum Gasteiger partial charge on any atom is 0.435 e. The molecule has 1 aliphatic carbocycles. The van der Waals surface area contributed by atoms with E-state index in [-0.39, 0.29) is 22.6 Å². The van der Waals surface area contributed by atoms with Crippen molar-refractivity contribution in [1.82, 2.24) is 24.0 Å². The Morgan fingerprint density at radius 2 is 1.87 bits per heavy atom. The molecule has 0 aliphatic heterocycles. The van der Waals surface area contributed by atoms with E-state index in [0.29, 0.717) is 17.6 Å². The molecule has 1 unspecified atom stereocenters. The lowest BCUT2D eigenvalue weighted by Gasteiger charge is -2.11. The molecule has 0 saturated heterocycles. The van der Waals surface area contributed by atoms with Crippen LogP contribution in [-0.2, 0) is 12.6 Å². The van der Waals surface area contributed by atoms with Crippen molar-refractivity contribution in [1.29, 1.82) is 0 Å². The molecule has 0 radical (unpaired) electrons. The van der Waals surface area contributed by atoms with Gasteiger partial charge in [0, 0.05) is 24.2 Å². The van der Waals surface area contributed by atoms with Gasteiger partial charge in [0.05, 0.1) is 12.1 Å². The molecule has 5 rings (SSSR count). The van der Waals surface area contributed by atoms with E-state index in [1.807, 2.05) is 0 Å². The third-order valence-corrected chi connectivity index (χ3v) is 5.54. The van der Waals surface area contributed by atoms with E-state index < -0.39 is 30.2 Å². The Morgan fingerprint density at radius 1 is 1.10 bits per heavy atom. The van der Waals surface area contributed by atoms with Crippen LogP contribution in [-0.4, -0.2) is 30.2 Å². The third kappa shape index (κ3) is 3.60. The van der Waals surface area contributed by atoms with Gasteiger partial charge >= 0.3 is 12.4 Å². The highest BCUT2D eigenvalue weighted by atomic mass is 35.5. The quantitative estimate of drug-likeness (QED) is 0.384. The van der Waals surface area contributed by atoms with Gasteiger partial charge in [-0.3, -0.25) is 0 Å². The summed E-state index contributed by atoms with van der Waals surface area (Å²) in [4.78, 5) is 7.67. The molecule has 31 heavy (non-hydrogen) atoms. The molecule has 0 aromatic carbocycles. The Labute approximate surface area is 175 Å². The van der Waals surface area contributed by atoms with Crippen molar-refractivity contribution >= 4 is 22.9 Å². The minimum Gasteiger partial charge on any atom is -0.303 e. The molecule has 0 N–H and O–H groups in total. The first-order valence-corrected chi connectivity index (χ1v) is 9.54. The molecule has 1 saturated carbocycles. The van der Waals surface area contributed by atoms with Crippen molar-refractivity contribution in [3.05, 3.63) is 64.5 Å². The summed E-state index contributed by atoms with van der Waals surface area (Å²) in [6.07, 6.45) is -6.35. The first-order chi connectivity index (χ1) is 14.5. The summed E-state index contributed by atoms with van der Waals surface area (Å²) >= 11 is 6.07. The van der Waals surface area contributed by atoms with Crippen LogP contribution in [0.25, 0.3) is 11.3 Å². The normalized spacial score (nSPS) is 19.5. The average molecular weight is 460 g/mol. The van der Waals surface area contributed by atoms with Crippen molar-refractivity contribution in [3.8, 4) is 0 Å². The molecule has 4 aromatic rings. The van der Waals surface area contributed by atoms with Gasteiger partial charge in [0.15, 0.2) is 11.3 Å². The number of rotatable bonds is 3. The molecule has 0 bridgehead atoms. The molecule has 1 aliphatic rings. The molecule has 4 heterocycles. The third-order valence-electron chi connectivity index (χ3n) is 5.35. The number of halogens is 7. The lowest BCUT2D eigenvalue weighted by atomic mass is 10.1. The first-order valence-electron chi connectivity index (χ1n) is 9.16. The predicted molar refractivity (Wildman–Crippen MR) is 98.0 cm³/mol. The Morgan fingerprint density at radius 3 is 2.58 bits per heavy atom. The highest BCUT2D eigenvalue weighted by molar-refractivity contribution is 6.29. The highest BCUT2D eigenvalue weighted by Gasteiger charge is 2.44. The van der Waals surface area contributed by atoms with Gasteiger partial charge in [0.2, 0.25) is 0 Å². The van der Waals surface area contributed by atoms with E-state index in [4.69, 9.17) is 11.6 Å². The van der Waals surface area contributed by atoms with E-state index in [1.165, 1.54) is 16.8 Å². The van der Waals surface area contributed by atoms with Gasteiger partial charge < -0.3 is 4.40 Å². The molecule has 2 atom stereocenters. The number of alkyl halides is 6. The molecule has 4 aromatic heterocycles. The fourth-order valence-corrected chi connectivity index (χ4v) is 4.20. The monoisotopic (exact) mass is 459 g/mol. The van der Waals surface area contributed by atoms with Gasteiger partial charge in [0.1, 0.15) is 10.8 Å². The summed E-state index contributed by atoms with van der Waals surface area (Å²) in [6, 6.07) is 4.59. The average Bonchev–Trinajstić information content (AvgIpc) is 3.17. The molecular weight excluding hydrogens is 448 g/mol. The maximum absolute atomic E-state index is 13.3. The molecule has 162 valence electrons. The zero-order valence-corrected chi connectivity index (χ0v) is 16.2. The molecule has 0 spiro atoms. The largest absolute Gasteiger partial charge is 0.435 e. The number of fused-ring (bicyclic) bond motifs is 2. The predicted octanol–water partition coefficient (Wildman–Crippen LogP) is 5.43. The van der Waals surface area contributed by atoms with Crippen LogP contribution in [0.1, 0.15) is 40.8 Å². The summed E-state index contributed by atoms with van der Waals surface area (Å²) in [5.74, 6) is -0.127. The zero-order chi connectivity index (χ0) is 22.1. The van der Waals surface area contributed by atoms with Crippen LogP contribution < -0.4 is 0 Å². The van der Waals surface area contributed by atoms with Crippen LogP contribution >= 0.6 is 11.6 Å². The minimum absolute atomic E-state index is 0.0282. The second-order valence-corrected chi connectivity index (χ2v) is 7.84. The SMILES string of the molecule is FC(F)(F)Cc1c(C(F)(F)F)nc2ccc([C@H]3CC3c3cc(Cl)nn4ccnc34)cn12. The van der Waals surface area contributed by atoms with E-state index in [2.05, 4.69) is 15.1 Å². The van der Waals surface area contributed by atoms with Crippen LogP contribution in [0.3, 0.4) is 0 Å². The maximum atomic E-state index is 13.3. The molecule has 12 heteroatoms. The van der Waals surface area contributed by atoms with Gasteiger partial charge in [-0.15, -0.1) is 0 Å². The summed E-state index contributed by atoms with van der Waals surface area (Å²) in [5, 5.41) is 4.37. The summed E-state index contributed by atoms with van der Waals surface area (Å²) in [7, 11) is 0. The van der Waals surface area contributed by atoms with Gasteiger partial charge in [-0.25, -0.2) is 14.5 Å². The van der Waals surface area contributed by atoms with Crippen molar-refractivity contribution in [2.45, 2.75) is 37.0 Å². The Bertz CT molecular complexity index is 1310. The van der Waals surface area contributed by atoms with Crippen LogP contribution in [0.15, 0.2) is 36.8 Å². The molecule has 1 fully saturated rings. The fraction of sp³-hybridized carbons (Fsp3) is 0.316. The minimum atomic E-state index is -4.99. The Kier molecular flexibility index (Phi) is 4.27. The number of hydrogen-bond donors (Lipinski definition) is 0. The molecule has 0 amide bonds. The van der Waals surface area contributed by atoms with Gasteiger partial charge in [0.25, 0.3) is 0 Å². The summed E-state index contributed by atoms with van der Waals surface area (Å²) < 4.78 is 81.3. The van der Waals surface area contributed by atoms with Gasteiger partial charge in [-0.05, 0) is 36.0 Å². The van der Waals surface area contributed by atoms with Gasteiger partial charge in [-0.2, -0.15) is 31.4 Å². The fourth-order valence-electron chi connectivity index (χ4n) is 4.00. The number of hydrogen-bond acceptors (Lipinski definition) is 3. The number of imidazole rings is 2. The lowest BCUT2D eigenvalue weighted by molar-refractivity contribution is -0.146. The van der Waals surface area contributed by atoms with Crippen LogP contribution in [0.5, 0.6) is 0 Å². The second-order valence-electron chi connectivity index (χ2n) is 7.45. The van der Waals surface area contributed by atoms with Crippen LogP contribution in [0, 0.1) is 0 Å². The Balaban J connectivity index is 1.56.